The third-order valence-electron chi connectivity index (χ3n) is 4.81. The summed E-state index contributed by atoms with van der Waals surface area (Å²) in [5.74, 6) is 0.391. The number of amides is 1. The van der Waals surface area contributed by atoms with Crippen LogP contribution in [0, 0.1) is 5.41 Å². The number of aliphatic hydroxyl groups excluding tert-OH is 1. The molecule has 2 fully saturated rings. The van der Waals surface area contributed by atoms with Crippen LogP contribution in [0.25, 0.3) is 0 Å². The van der Waals surface area contributed by atoms with Crippen LogP contribution in [0.2, 0.25) is 0 Å². The number of hydrogen-bond donors (Lipinski definition) is 1. The van der Waals surface area contributed by atoms with Gasteiger partial charge in [-0.2, -0.15) is 0 Å². The van der Waals surface area contributed by atoms with Gasteiger partial charge >= 0.3 is 0 Å². The Kier molecular flexibility index (Phi) is 4.66. The monoisotopic (exact) mass is 253 g/mol. The number of hydrogen-bond acceptors (Lipinski definition) is 2. The van der Waals surface area contributed by atoms with E-state index in [0.717, 1.165) is 45.1 Å². The molecule has 0 bridgehead atoms. The second kappa shape index (κ2) is 6.05. The van der Waals surface area contributed by atoms with Crippen LogP contribution in [-0.2, 0) is 4.79 Å². The van der Waals surface area contributed by atoms with Crippen LogP contribution >= 0.6 is 0 Å². The molecule has 0 spiro atoms. The van der Waals surface area contributed by atoms with E-state index in [1.807, 2.05) is 0 Å². The van der Waals surface area contributed by atoms with Crippen molar-refractivity contribution in [2.45, 2.75) is 70.8 Å². The highest BCUT2D eigenvalue weighted by molar-refractivity contribution is 5.83. The van der Waals surface area contributed by atoms with Gasteiger partial charge in [0.15, 0.2) is 0 Å². The van der Waals surface area contributed by atoms with E-state index >= 15 is 0 Å². The third-order valence-corrected chi connectivity index (χ3v) is 4.81. The molecule has 1 atom stereocenters. The number of aliphatic hydroxyl groups is 1. The Morgan fingerprint density at radius 2 is 2.00 bits per heavy atom. The summed E-state index contributed by atoms with van der Waals surface area (Å²) in [6.07, 6.45) is 9.89. The fraction of sp³-hybridized carbons (Fsp3) is 0.933. The summed E-state index contributed by atoms with van der Waals surface area (Å²) in [7, 11) is 0. The summed E-state index contributed by atoms with van der Waals surface area (Å²) >= 11 is 0. The summed E-state index contributed by atoms with van der Waals surface area (Å²) in [6.45, 7) is 3.34. The Bertz CT molecular complexity index is 284. The van der Waals surface area contributed by atoms with Gasteiger partial charge in [0.2, 0.25) is 5.91 Å². The summed E-state index contributed by atoms with van der Waals surface area (Å²) in [5, 5.41) is 8.95. The van der Waals surface area contributed by atoms with Crippen molar-refractivity contribution in [3.63, 3.8) is 0 Å². The minimum atomic E-state index is -0.0972. The average Bonchev–Trinajstić information content (AvgIpc) is 2.84. The van der Waals surface area contributed by atoms with Crippen molar-refractivity contribution in [1.29, 1.82) is 0 Å². The maximum Gasteiger partial charge on any atom is 0.228 e. The predicted molar refractivity (Wildman–Crippen MR) is 72.2 cm³/mol. The van der Waals surface area contributed by atoms with Crippen molar-refractivity contribution in [3.05, 3.63) is 0 Å². The molecule has 1 aliphatic carbocycles. The second-order valence-electron chi connectivity index (χ2n) is 6.28. The lowest BCUT2D eigenvalue weighted by Gasteiger charge is -2.38. The maximum atomic E-state index is 12.8. The first-order valence-corrected chi connectivity index (χ1v) is 7.59. The maximum absolute atomic E-state index is 12.8. The van der Waals surface area contributed by atoms with Crippen LogP contribution in [0.1, 0.15) is 64.7 Å². The SMILES string of the molecule is CC1(C(=O)N2CCCC2CCCO)CCCCC1. The van der Waals surface area contributed by atoms with Crippen LogP contribution in [0.15, 0.2) is 0 Å². The quantitative estimate of drug-likeness (QED) is 0.837. The molecule has 1 amide bonds. The number of nitrogens with zero attached hydrogens (tertiary/aromatic N) is 1. The highest BCUT2D eigenvalue weighted by atomic mass is 16.3. The molecule has 0 aromatic heterocycles. The molecule has 1 N–H and O–H groups in total. The molecule has 0 aromatic carbocycles. The molecule has 1 saturated carbocycles. The molecule has 104 valence electrons. The molecule has 2 aliphatic rings. The molecule has 1 heterocycles. The van der Waals surface area contributed by atoms with Crippen LogP contribution in [0.3, 0.4) is 0 Å². The third kappa shape index (κ3) is 2.87. The van der Waals surface area contributed by atoms with Crippen LogP contribution in [0.4, 0.5) is 0 Å². The van der Waals surface area contributed by atoms with Gasteiger partial charge in [-0.1, -0.05) is 26.2 Å². The molecule has 1 saturated heterocycles. The number of carbonyl (C=O) groups excluding carboxylic acids is 1. The normalized spacial score (nSPS) is 27.4. The molecule has 3 heteroatoms. The minimum absolute atomic E-state index is 0.0972. The molecular formula is C15H27NO2. The number of likely N-dealkylation sites (tertiary alicyclic amines) is 1. The first-order valence-electron chi connectivity index (χ1n) is 7.59. The highest BCUT2D eigenvalue weighted by Gasteiger charge is 2.40. The number of carbonyl (C=O) groups is 1. The zero-order valence-electron chi connectivity index (χ0n) is 11.7. The molecule has 18 heavy (non-hydrogen) atoms. The Labute approximate surface area is 111 Å². The Balaban J connectivity index is 1.98. The number of rotatable bonds is 4. The first-order chi connectivity index (χ1) is 8.67. The van der Waals surface area contributed by atoms with Gasteiger partial charge in [-0.25, -0.2) is 0 Å². The van der Waals surface area contributed by atoms with Crippen LogP contribution in [-0.4, -0.2) is 35.1 Å². The Morgan fingerprint density at radius 3 is 2.67 bits per heavy atom. The predicted octanol–water partition coefficient (Wildman–Crippen LogP) is 2.72. The molecule has 1 aliphatic heterocycles. The lowest BCUT2D eigenvalue weighted by atomic mass is 9.74. The van der Waals surface area contributed by atoms with Gasteiger partial charge in [0.05, 0.1) is 0 Å². The fourth-order valence-corrected chi connectivity index (χ4v) is 3.62. The van der Waals surface area contributed by atoms with Crippen molar-refractivity contribution in [3.8, 4) is 0 Å². The van der Waals surface area contributed by atoms with Crippen molar-refractivity contribution in [1.82, 2.24) is 4.90 Å². The van der Waals surface area contributed by atoms with E-state index in [1.165, 1.54) is 19.3 Å². The molecule has 0 aromatic rings. The van der Waals surface area contributed by atoms with Crippen molar-refractivity contribution >= 4 is 5.91 Å². The minimum Gasteiger partial charge on any atom is -0.396 e. The van der Waals surface area contributed by atoms with E-state index in [2.05, 4.69) is 11.8 Å². The summed E-state index contributed by atoms with van der Waals surface area (Å²) in [6, 6.07) is 0.392. The van der Waals surface area contributed by atoms with E-state index in [0.29, 0.717) is 11.9 Å². The summed E-state index contributed by atoms with van der Waals surface area (Å²) < 4.78 is 0. The lowest BCUT2D eigenvalue weighted by molar-refractivity contribution is -0.144. The van der Waals surface area contributed by atoms with Crippen molar-refractivity contribution in [2.75, 3.05) is 13.2 Å². The van der Waals surface area contributed by atoms with Gasteiger partial charge in [0, 0.05) is 24.6 Å². The van der Waals surface area contributed by atoms with Gasteiger partial charge in [0.25, 0.3) is 0 Å². The van der Waals surface area contributed by atoms with E-state index in [1.54, 1.807) is 0 Å². The van der Waals surface area contributed by atoms with Crippen LogP contribution < -0.4 is 0 Å². The highest BCUT2D eigenvalue weighted by Crippen LogP contribution is 2.39. The van der Waals surface area contributed by atoms with Gasteiger partial charge in [-0.15, -0.1) is 0 Å². The smallest absolute Gasteiger partial charge is 0.228 e. The van der Waals surface area contributed by atoms with Gasteiger partial charge in [-0.05, 0) is 38.5 Å². The largest absolute Gasteiger partial charge is 0.396 e. The average molecular weight is 253 g/mol. The molecule has 3 nitrogen and oxygen atoms in total. The van der Waals surface area contributed by atoms with Gasteiger partial charge in [0.1, 0.15) is 0 Å². The van der Waals surface area contributed by atoms with E-state index in [4.69, 9.17) is 5.11 Å². The summed E-state index contributed by atoms with van der Waals surface area (Å²) in [5.41, 5.74) is -0.0972. The molecule has 2 rings (SSSR count). The van der Waals surface area contributed by atoms with Gasteiger partial charge in [-0.3, -0.25) is 4.79 Å². The Hall–Kier alpha value is -0.570. The molecule has 1 unspecified atom stereocenters. The van der Waals surface area contributed by atoms with E-state index in [9.17, 15) is 4.79 Å². The Morgan fingerprint density at radius 1 is 1.28 bits per heavy atom. The lowest BCUT2D eigenvalue weighted by Crippen LogP contribution is -2.45. The summed E-state index contributed by atoms with van der Waals surface area (Å²) in [4.78, 5) is 14.9. The molecule has 0 radical (unpaired) electrons. The van der Waals surface area contributed by atoms with Crippen molar-refractivity contribution < 1.29 is 9.90 Å². The fourth-order valence-electron chi connectivity index (χ4n) is 3.62. The topological polar surface area (TPSA) is 40.5 Å². The zero-order valence-corrected chi connectivity index (χ0v) is 11.7. The zero-order chi connectivity index (χ0) is 13.0. The van der Waals surface area contributed by atoms with Crippen LogP contribution in [0.5, 0.6) is 0 Å². The molecular weight excluding hydrogens is 226 g/mol. The van der Waals surface area contributed by atoms with E-state index in [-0.39, 0.29) is 12.0 Å². The standard InChI is InChI=1S/C15H27NO2/c1-15(9-3-2-4-10-15)14(18)16-11-5-7-13(16)8-6-12-17/h13,17H,2-12H2,1H3. The van der Waals surface area contributed by atoms with E-state index < -0.39 is 0 Å². The van der Waals surface area contributed by atoms with Crippen molar-refractivity contribution in [2.24, 2.45) is 5.41 Å². The second-order valence-corrected chi connectivity index (χ2v) is 6.28. The van der Waals surface area contributed by atoms with Gasteiger partial charge < -0.3 is 10.0 Å². The first kappa shape index (κ1) is 13.9.